The van der Waals surface area contributed by atoms with Crippen molar-refractivity contribution in [2.75, 3.05) is 40.4 Å². The summed E-state index contributed by atoms with van der Waals surface area (Å²) >= 11 is 0. The zero-order chi connectivity index (χ0) is 27.7. The van der Waals surface area contributed by atoms with Gasteiger partial charge >= 0.3 is 6.09 Å². The van der Waals surface area contributed by atoms with Crippen LogP contribution in [0.25, 0.3) is 0 Å². The van der Waals surface area contributed by atoms with E-state index in [-0.39, 0.29) is 23.4 Å². The zero-order valence-corrected chi connectivity index (χ0v) is 23.6. The monoisotopic (exact) mass is 535 g/mol. The highest BCUT2D eigenvalue weighted by atomic mass is 16.5. The molecule has 2 aromatic rings. The lowest BCUT2D eigenvalue weighted by Crippen LogP contribution is -2.62. The van der Waals surface area contributed by atoms with Gasteiger partial charge in [-0.05, 0) is 54.2 Å². The Balaban J connectivity index is 1.39. The number of piperazine rings is 1. The second-order valence-corrected chi connectivity index (χ2v) is 11.8. The van der Waals surface area contributed by atoms with E-state index in [1.54, 1.807) is 14.2 Å². The molecule has 1 aliphatic carbocycles. The number of amides is 2. The van der Waals surface area contributed by atoms with E-state index >= 15 is 0 Å². The number of carboxylic acid groups (broad SMARTS) is 1. The normalized spacial score (nSPS) is 21.8. The van der Waals surface area contributed by atoms with Crippen molar-refractivity contribution in [3.05, 3.63) is 59.2 Å². The topological polar surface area (TPSA) is 82.6 Å². The van der Waals surface area contributed by atoms with Crippen molar-refractivity contribution in [3.63, 3.8) is 0 Å². The average Bonchev–Trinajstić information content (AvgIpc) is 2.91. The average molecular weight is 536 g/mol. The number of methoxy groups -OCH3 is 2. The molecule has 39 heavy (non-hydrogen) atoms. The maximum atomic E-state index is 13.9. The molecule has 1 N–H and O–H groups in total. The molecule has 0 radical (unpaired) electrons. The Bertz CT molecular complexity index is 1200. The number of likely N-dealkylation sites (tertiary alicyclic amines) is 1. The van der Waals surface area contributed by atoms with Crippen molar-refractivity contribution in [1.29, 1.82) is 0 Å². The third kappa shape index (κ3) is 5.44. The SMILES string of the molecule is COc1ccc(CN2CC(=O)N(C3CC4(CCN(C(=O)O)CC4)C3)[C@@H](c3ccccc3C(C)C)C2)c(OC)c1. The first-order valence-electron chi connectivity index (χ1n) is 14.0. The van der Waals surface area contributed by atoms with Gasteiger partial charge in [0.05, 0.1) is 26.8 Å². The standard InChI is InChI=1S/C31H41N3O5/c1-21(2)25-7-5-6-8-26(25)27-19-32(18-22-9-10-24(38-3)15-28(22)39-4)20-29(35)34(27)23-16-31(17-23)11-13-33(14-12-31)30(36)37/h5-10,15,21,23,27H,11-14,16-20H2,1-4H3,(H,36,37)/t27-/m1/s1. The van der Waals surface area contributed by atoms with Gasteiger partial charge in [0.25, 0.3) is 0 Å². The zero-order valence-electron chi connectivity index (χ0n) is 23.6. The highest BCUT2D eigenvalue weighted by molar-refractivity contribution is 5.80. The molecule has 8 nitrogen and oxygen atoms in total. The first-order valence-corrected chi connectivity index (χ1v) is 14.0. The van der Waals surface area contributed by atoms with Crippen LogP contribution in [0, 0.1) is 5.41 Å². The lowest BCUT2D eigenvalue weighted by atomic mass is 9.59. The van der Waals surface area contributed by atoms with Gasteiger partial charge in [-0.3, -0.25) is 9.69 Å². The number of carbonyl (C=O) groups excluding carboxylic acids is 1. The van der Waals surface area contributed by atoms with Crippen LogP contribution in [0.5, 0.6) is 11.5 Å². The Morgan fingerprint density at radius 3 is 2.44 bits per heavy atom. The quantitative estimate of drug-likeness (QED) is 0.529. The van der Waals surface area contributed by atoms with Crippen molar-refractivity contribution in [1.82, 2.24) is 14.7 Å². The van der Waals surface area contributed by atoms with Crippen LogP contribution in [0.15, 0.2) is 42.5 Å². The third-order valence-electron chi connectivity index (χ3n) is 9.10. The predicted molar refractivity (Wildman–Crippen MR) is 149 cm³/mol. The molecule has 2 aromatic carbocycles. The Labute approximate surface area is 231 Å². The van der Waals surface area contributed by atoms with Crippen LogP contribution in [0.4, 0.5) is 4.79 Å². The van der Waals surface area contributed by atoms with Crippen LogP contribution >= 0.6 is 0 Å². The molecular weight excluding hydrogens is 494 g/mol. The summed E-state index contributed by atoms with van der Waals surface area (Å²) in [6.07, 6.45) is 2.85. The van der Waals surface area contributed by atoms with Gasteiger partial charge in [-0.1, -0.05) is 44.2 Å². The number of rotatable bonds is 7. The lowest BCUT2D eigenvalue weighted by molar-refractivity contribution is -0.153. The highest BCUT2D eigenvalue weighted by Gasteiger charge is 2.52. The number of hydrogen-bond donors (Lipinski definition) is 1. The van der Waals surface area contributed by atoms with Gasteiger partial charge in [-0.25, -0.2) is 4.79 Å². The van der Waals surface area contributed by atoms with Crippen LogP contribution in [-0.2, 0) is 11.3 Å². The Morgan fingerprint density at radius 1 is 1.08 bits per heavy atom. The molecule has 3 aliphatic rings. The molecule has 2 heterocycles. The summed E-state index contributed by atoms with van der Waals surface area (Å²) < 4.78 is 11.0. The van der Waals surface area contributed by atoms with E-state index < -0.39 is 6.09 Å². The van der Waals surface area contributed by atoms with Gasteiger partial charge in [0.1, 0.15) is 11.5 Å². The maximum absolute atomic E-state index is 13.9. The summed E-state index contributed by atoms with van der Waals surface area (Å²) in [5.74, 6) is 2.02. The largest absolute Gasteiger partial charge is 0.497 e. The minimum atomic E-state index is -0.828. The molecule has 5 rings (SSSR count). The highest BCUT2D eigenvalue weighted by Crippen LogP contribution is 2.53. The van der Waals surface area contributed by atoms with Crippen molar-refractivity contribution >= 4 is 12.0 Å². The molecule has 1 saturated carbocycles. The van der Waals surface area contributed by atoms with Gasteiger partial charge in [-0.2, -0.15) is 0 Å². The van der Waals surface area contributed by atoms with E-state index in [1.165, 1.54) is 16.0 Å². The summed E-state index contributed by atoms with van der Waals surface area (Å²) in [6.45, 7) is 7.34. The van der Waals surface area contributed by atoms with E-state index in [9.17, 15) is 14.7 Å². The molecular formula is C31H41N3O5. The number of piperidine rings is 1. The minimum absolute atomic E-state index is 0.0319. The van der Waals surface area contributed by atoms with Gasteiger partial charge < -0.3 is 24.4 Å². The van der Waals surface area contributed by atoms with Gasteiger partial charge in [0, 0.05) is 43.9 Å². The second-order valence-electron chi connectivity index (χ2n) is 11.8. The Hall–Kier alpha value is -3.26. The van der Waals surface area contributed by atoms with Crippen molar-refractivity contribution in [2.24, 2.45) is 5.41 Å². The predicted octanol–water partition coefficient (Wildman–Crippen LogP) is 5.14. The number of carbonyl (C=O) groups is 2. The van der Waals surface area contributed by atoms with Gasteiger partial charge in [0.2, 0.25) is 5.91 Å². The summed E-state index contributed by atoms with van der Waals surface area (Å²) in [7, 11) is 3.31. The van der Waals surface area contributed by atoms with E-state index in [4.69, 9.17) is 9.47 Å². The molecule has 2 amide bonds. The molecule has 3 fully saturated rings. The molecule has 210 valence electrons. The van der Waals surface area contributed by atoms with E-state index in [0.717, 1.165) is 49.3 Å². The first-order chi connectivity index (χ1) is 18.7. The third-order valence-corrected chi connectivity index (χ3v) is 9.10. The molecule has 0 bridgehead atoms. The van der Waals surface area contributed by atoms with E-state index in [0.29, 0.717) is 32.1 Å². The summed E-state index contributed by atoms with van der Waals surface area (Å²) in [4.78, 5) is 31.3. The molecule has 2 saturated heterocycles. The molecule has 2 aliphatic heterocycles. The fraction of sp³-hybridized carbons (Fsp3) is 0.548. The smallest absolute Gasteiger partial charge is 0.407 e. The van der Waals surface area contributed by atoms with Crippen LogP contribution in [0.3, 0.4) is 0 Å². The Kier molecular flexibility index (Phi) is 7.76. The number of ether oxygens (including phenoxy) is 2. The van der Waals surface area contributed by atoms with Crippen LogP contribution in [0.1, 0.15) is 68.2 Å². The molecule has 1 atom stereocenters. The number of hydrogen-bond acceptors (Lipinski definition) is 5. The number of benzene rings is 2. The van der Waals surface area contributed by atoms with Crippen LogP contribution < -0.4 is 9.47 Å². The van der Waals surface area contributed by atoms with Gasteiger partial charge in [-0.15, -0.1) is 0 Å². The fourth-order valence-corrected chi connectivity index (χ4v) is 6.95. The molecule has 1 spiro atoms. The lowest BCUT2D eigenvalue weighted by Gasteiger charge is -2.58. The van der Waals surface area contributed by atoms with E-state index in [1.807, 2.05) is 18.2 Å². The summed E-state index contributed by atoms with van der Waals surface area (Å²) in [5.41, 5.74) is 3.71. The molecule has 0 aromatic heterocycles. The fourth-order valence-electron chi connectivity index (χ4n) is 6.95. The van der Waals surface area contributed by atoms with E-state index in [2.05, 4.69) is 47.9 Å². The van der Waals surface area contributed by atoms with Crippen LogP contribution in [-0.4, -0.2) is 78.2 Å². The molecule has 8 heteroatoms. The first kappa shape index (κ1) is 27.3. The minimum Gasteiger partial charge on any atom is -0.497 e. The number of nitrogens with zero attached hydrogens (tertiary/aromatic N) is 3. The van der Waals surface area contributed by atoms with Crippen molar-refractivity contribution < 1.29 is 24.2 Å². The van der Waals surface area contributed by atoms with Crippen LogP contribution in [0.2, 0.25) is 0 Å². The summed E-state index contributed by atoms with van der Waals surface area (Å²) in [5, 5.41) is 9.37. The van der Waals surface area contributed by atoms with Crippen molar-refractivity contribution in [2.45, 2.75) is 64.1 Å². The summed E-state index contributed by atoms with van der Waals surface area (Å²) in [6, 6.07) is 14.6. The van der Waals surface area contributed by atoms with Crippen molar-refractivity contribution in [3.8, 4) is 11.5 Å². The van der Waals surface area contributed by atoms with Gasteiger partial charge in [0.15, 0.2) is 0 Å². The molecule has 0 unspecified atom stereocenters. The second kappa shape index (κ2) is 11.1. The maximum Gasteiger partial charge on any atom is 0.407 e. The Morgan fingerprint density at radius 2 is 1.79 bits per heavy atom.